The lowest BCUT2D eigenvalue weighted by atomic mass is 10.1. The third kappa shape index (κ3) is 3.62. The van der Waals surface area contributed by atoms with E-state index in [1.54, 1.807) is 0 Å². The molecule has 1 aromatic rings. The summed E-state index contributed by atoms with van der Waals surface area (Å²) in [7, 11) is -0.589. The van der Waals surface area contributed by atoms with Crippen molar-refractivity contribution in [1.29, 1.82) is 0 Å². The lowest BCUT2D eigenvalue weighted by Gasteiger charge is -2.22. The molecular weight excluding hydrogens is 248 g/mol. The topological polar surface area (TPSA) is 59.8 Å². The molecule has 2 rings (SSSR count). The monoisotopic (exact) mass is 270 g/mol. The van der Waals surface area contributed by atoms with Crippen LogP contribution in [0.5, 0.6) is 0 Å². The van der Waals surface area contributed by atoms with Crippen molar-refractivity contribution in [2.75, 3.05) is 11.5 Å². The van der Waals surface area contributed by atoms with Gasteiger partial charge in [0.15, 0.2) is 0 Å². The standard InChI is InChI=1S/C12H22N4OS/c1-12(2,3)16-9-11(14-15-16)8-13-10-4-6-18(17)7-5-10/h9-10,13H,4-8H2,1-3H3. The second-order valence-corrected chi connectivity index (χ2v) is 7.52. The Balaban J connectivity index is 1.83. The van der Waals surface area contributed by atoms with E-state index in [0.717, 1.165) is 36.6 Å². The molecule has 1 aromatic heterocycles. The SMILES string of the molecule is CC(C)(C)n1cc(CNC2CCS(=O)CC2)nn1. The van der Waals surface area contributed by atoms with E-state index in [-0.39, 0.29) is 5.54 Å². The highest BCUT2D eigenvalue weighted by molar-refractivity contribution is 7.85. The van der Waals surface area contributed by atoms with Gasteiger partial charge in [-0.3, -0.25) is 4.21 Å². The molecule has 6 heteroatoms. The first-order valence-corrected chi connectivity index (χ1v) is 7.94. The number of aromatic nitrogens is 3. The number of nitrogens with one attached hydrogen (secondary N) is 1. The predicted molar refractivity (Wildman–Crippen MR) is 72.8 cm³/mol. The molecule has 0 atom stereocenters. The lowest BCUT2D eigenvalue weighted by molar-refractivity contribution is 0.346. The highest BCUT2D eigenvalue weighted by atomic mass is 32.2. The summed E-state index contributed by atoms with van der Waals surface area (Å²) in [5.74, 6) is 1.65. The predicted octanol–water partition coefficient (Wildman–Crippen LogP) is 1.03. The number of hydrogen-bond donors (Lipinski definition) is 1. The highest BCUT2D eigenvalue weighted by Crippen LogP contribution is 2.13. The van der Waals surface area contributed by atoms with Crippen LogP contribution in [-0.2, 0) is 22.9 Å². The van der Waals surface area contributed by atoms with Crippen molar-refractivity contribution < 1.29 is 4.21 Å². The maximum absolute atomic E-state index is 11.3. The van der Waals surface area contributed by atoms with E-state index in [2.05, 4.69) is 36.4 Å². The smallest absolute Gasteiger partial charge is 0.0965 e. The number of rotatable bonds is 3. The van der Waals surface area contributed by atoms with Crippen LogP contribution in [0, 0.1) is 0 Å². The zero-order valence-electron chi connectivity index (χ0n) is 11.3. The third-order valence-electron chi connectivity index (χ3n) is 3.19. The van der Waals surface area contributed by atoms with Crippen LogP contribution >= 0.6 is 0 Å². The van der Waals surface area contributed by atoms with E-state index in [0.29, 0.717) is 6.04 Å². The van der Waals surface area contributed by atoms with Gasteiger partial charge < -0.3 is 5.32 Å². The van der Waals surface area contributed by atoms with Gasteiger partial charge in [-0.15, -0.1) is 5.10 Å². The summed E-state index contributed by atoms with van der Waals surface area (Å²) >= 11 is 0. The molecule has 5 nitrogen and oxygen atoms in total. The van der Waals surface area contributed by atoms with E-state index in [9.17, 15) is 4.21 Å². The Morgan fingerprint density at radius 1 is 1.44 bits per heavy atom. The van der Waals surface area contributed by atoms with E-state index in [1.807, 2.05) is 10.9 Å². The summed E-state index contributed by atoms with van der Waals surface area (Å²) in [6.45, 7) is 7.06. The van der Waals surface area contributed by atoms with Gasteiger partial charge in [0.1, 0.15) is 0 Å². The summed E-state index contributed by atoms with van der Waals surface area (Å²) in [6.07, 6.45) is 3.99. The minimum Gasteiger partial charge on any atom is -0.308 e. The van der Waals surface area contributed by atoms with Crippen LogP contribution in [0.15, 0.2) is 6.20 Å². The second kappa shape index (κ2) is 5.48. The van der Waals surface area contributed by atoms with Crippen molar-refractivity contribution in [3.63, 3.8) is 0 Å². The summed E-state index contributed by atoms with van der Waals surface area (Å²) < 4.78 is 13.1. The molecule has 1 saturated heterocycles. The molecule has 1 N–H and O–H groups in total. The molecular formula is C12H22N4OS. The van der Waals surface area contributed by atoms with E-state index >= 15 is 0 Å². The van der Waals surface area contributed by atoms with Crippen LogP contribution < -0.4 is 5.32 Å². The number of nitrogens with zero attached hydrogens (tertiary/aromatic N) is 3. The van der Waals surface area contributed by atoms with Gasteiger partial charge in [0, 0.05) is 34.9 Å². The lowest BCUT2D eigenvalue weighted by Crippen LogP contribution is -2.35. The minimum atomic E-state index is -0.589. The van der Waals surface area contributed by atoms with Crippen molar-refractivity contribution in [2.24, 2.45) is 0 Å². The van der Waals surface area contributed by atoms with E-state index in [4.69, 9.17) is 0 Å². The summed E-state index contributed by atoms with van der Waals surface area (Å²) in [5, 5.41) is 11.8. The van der Waals surface area contributed by atoms with Gasteiger partial charge in [0.05, 0.1) is 17.4 Å². The van der Waals surface area contributed by atoms with E-state index < -0.39 is 10.8 Å². The van der Waals surface area contributed by atoms with Crippen molar-refractivity contribution >= 4 is 10.8 Å². The number of hydrogen-bond acceptors (Lipinski definition) is 4. The molecule has 2 heterocycles. The summed E-state index contributed by atoms with van der Waals surface area (Å²) in [4.78, 5) is 0. The Morgan fingerprint density at radius 3 is 2.67 bits per heavy atom. The van der Waals surface area contributed by atoms with Crippen LogP contribution in [0.25, 0.3) is 0 Å². The fourth-order valence-corrected chi connectivity index (χ4v) is 3.25. The molecule has 0 aromatic carbocycles. The first-order valence-electron chi connectivity index (χ1n) is 6.45. The molecule has 18 heavy (non-hydrogen) atoms. The van der Waals surface area contributed by atoms with Gasteiger partial charge in [-0.1, -0.05) is 5.21 Å². The normalized spacial score (nSPS) is 25.3. The Bertz CT molecular complexity index is 414. The zero-order chi connectivity index (χ0) is 13.2. The minimum absolute atomic E-state index is 0.0208. The Hall–Kier alpha value is -0.750. The first kappa shape index (κ1) is 13.7. The first-order chi connectivity index (χ1) is 8.45. The summed E-state index contributed by atoms with van der Waals surface area (Å²) in [5.41, 5.74) is 0.948. The van der Waals surface area contributed by atoms with Crippen LogP contribution in [0.3, 0.4) is 0 Å². The summed E-state index contributed by atoms with van der Waals surface area (Å²) in [6, 6.07) is 0.475. The van der Waals surface area contributed by atoms with Crippen molar-refractivity contribution in [3.05, 3.63) is 11.9 Å². The Morgan fingerprint density at radius 2 is 2.11 bits per heavy atom. The van der Waals surface area contributed by atoms with Gasteiger partial charge in [0.2, 0.25) is 0 Å². The molecule has 102 valence electrons. The molecule has 1 aliphatic rings. The molecule has 1 fully saturated rings. The average Bonchev–Trinajstić information content (AvgIpc) is 2.77. The largest absolute Gasteiger partial charge is 0.308 e. The quantitative estimate of drug-likeness (QED) is 0.891. The van der Waals surface area contributed by atoms with Crippen LogP contribution in [0.4, 0.5) is 0 Å². The van der Waals surface area contributed by atoms with Gasteiger partial charge in [0.25, 0.3) is 0 Å². The molecule has 1 aliphatic heterocycles. The van der Waals surface area contributed by atoms with Gasteiger partial charge in [-0.25, -0.2) is 4.68 Å². The Kier molecular flexibility index (Phi) is 4.17. The fourth-order valence-electron chi connectivity index (χ4n) is 1.95. The van der Waals surface area contributed by atoms with Crippen molar-refractivity contribution in [3.8, 4) is 0 Å². The molecule has 0 unspecified atom stereocenters. The maximum atomic E-state index is 11.3. The average molecular weight is 270 g/mol. The molecule has 0 bridgehead atoms. The van der Waals surface area contributed by atoms with Crippen LogP contribution in [0.2, 0.25) is 0 Å². The van der Waals surface area contributed by atoms with Gasteiger partial charge in [-0.05, 0) is 33.6 Å². The second-order valence-electron chi connectivity index (χ2n) is 5.83. The molecule has 0 radical (unpaired) electrons. The van der Waals surface area contributed by atoms with Crippen LogP contribution in [-0.4, -0.2) is 36.8 Å². The zero-order valence-corrected chi connectivity index (χ0v) is 12.2. The molecule has 0 aliphatic carbocycles. The molecule has 0 spiro atoms. The fraction of sp³-hybridized carbons (Fsp3) is 0.833. The maximum Gasteiger partial charge on any atom is 0.0965 e. The highest BCUT2D eigenvalue weighted by Gasteiger charge is 2.18. The van der Waals surface area contributed by atoms with Crippen molar-refractivity contribution in [1.82, 2.24) is 20.3 Å². The molecule has 0 amide bonds. The van der Waals surface area contributed by atoms with Crippen LogP contribution in [0.1, 0.15) is 39.3 Å². The Labute approximate surface area is 111 Å². The van der Waals surface area contributed by atoms with Gasteiger partial charge >= 0.3 is 0 Å². The third-order valence-corrected chi connectivity index (χ3v) is 4.57. The van der Waals surface area contributed by atoms with Crippen molar-refractivity contribution in [2.45, 2.75) is 51.7 Å². The van der Waals surface area contributed by atoms with Gasteiger partial charge in [-0.2, -0.15) is 0 Å². The molecule has 0 saturated carbocycles. The van der Waals surface area contributed by atoms with E-state index in [1.165, 1.54) is 0 Å².